The Morgan fingerprint density at radius 3 is 2.84 bits per heavy atom. The van der Waals surface area contributed by atoms with Crippen molar-refractivity contribution >= 4 is 39.6 Å². The summed E-state index contributed by atoms with van der Waals surface area (Å²) in [5.74, 6) is 1.01. The van der Waals surface area contributed by atoms with Gasteiger partial charge in [-0.15, -0.1) is 0 Å². The molecular weight excluding hydrogens is 408 g/mol. The van der Waals surface area contributed by atoms with Crippen LogP contribution in [0.15, 0.2) is 59.5 Å². The van der Waals surface area contributed by atoms with Gasteiger partial charge in [-0.1, -0.05) is 31.2 Å². The summed E-state index contributed by atoms with van der Waals surface area (Å²) in [5, 5.41) is 1.00. The van der Waals surface area contributed by atoms with E-state index in [4.69, 9.17) is 9.72 Å². The number of esters is 1. The van der Waals surface area contributed by atoms with Crippen LogP contribution in [0.2, 0.25) is 0 Å². The van der Waals surface area contributed by atoms with E-state index in [1.54, 1.807) is 13.0 Å². The molecule has 0 saturated heterocycles. The molecule has 0 radical (unpaired) electrons. The number of aromatic nitrogens is 1. The van der Waals surface area contributed by atoms with E-state index < -0.39 is 10.8 Å². The van der Waals surface area contributed by atoms with Crippen LogP contribution in [0.5, 0.6) is 0 Å². The molecule has 3 aromatic rings. The van der Waals surface area contributed by atoms with Crippen LogP contribution in [0.3, 0.4) is 0 Å². The van der Waals surface area contributed by atoms with E-state index in [0.717, 1.165) is 39.2 Å². The highest BCUT2D eigenvalue weighted by Crippen LogP contribution is 2.29. The standard InChI is InChI=1S/C25H26N2O3S/c1-3-18-9-11-22-21(15-18)19(10-12-25(28)30-4-2)16-24(26-22)27-13-14-31(29)23-8-6-5-7-20(23)17-27/h5-12,15-16H,3-4,13-14,17H2,1-2H3/b12-10+. The minimum absolute atomic E-state index is 0.343. The SMILES string of the molecule is CCOC(=O)/C=C/c1cc(N2CCS(=O)c3ccccc3C2)nc2ccc(CC)cc12. The predicted octanol–water partition coefficient (Wildman–Crippen LogP) is 4.50. The van der Waals surface area contributed by atoms with Gasteiger partial charge in [0.15, 0.2) is 0 Å². The van der Waals surface area contributed by atoms with Gasteiger partial charge in [-0.2, -0.15) is 0 Å². The Morgan fingerprint density at radius 2 is 2.03 bits per heavy atom. The monoisotopic (exact) mass is 434 g/mol. The fraction of sp³-hybridized carbons (Fsp3) is 0.280. The number of carbonyl (C=O) groups is 1. The third-order valence-corrected chi connectivity index (χ3v) is 6.88. The molecule has 5 nitrogen and oxygen atoms in total. The minimum atomic E-state index is -1.02. The van der Waals surface area contributed by atoms with E-state index >= 15 is 0 Å². The number of hydrogen-bond donors (Lipinski definition) is 0. The first-order valence-corrected chi connectivity index (χ1v) is 11.9. The van der Waals surface area contributed by atoms with Crippen LogP contribution in [0, 0.1) is 0 Å². The summed E-state index contributed by atoms with van der Waals surface area (Å²) in [6.45, 7) is 5.55. The smallest absolute Gasteiger partial charge is 0.330 e. The van der Waals surface area contributed by atoms with Crippen LogP contribution in [0.25, 0.3) is 17.0 Å². The lowest BCUT2D eigenvalue weighted by atomic mass is 10.0. The molecule has 2 heterocycles. The van der Waals surface area contributed by atoms with E-state index in [2.05, 4.69) is 24.0 Å². The lowest BCUT2D eigenvalue weighted by Crippen LogP contribution is -2.25. The summed E-state index contributed by atoms with van der Waals surface area (Å²) in [6.07, 6.45) is 4.19. The van der Waals surface area contributed by atoms with Gasteiger partial charge in [-0.25, -0.2) is 9.78 Å². The van der Waals surface area contributed by atoms with Gasteiger partial charge in [-0.3, -0.25) is 4.21 Å². The summed E-state index contributed by atoms with van der Waals surface area (Å²) >= 11 is 0. The molecule has 1 aliphatic heterocycles. The lowest BCUT2D eigenvalue weighted by Gasteiger charge is -2.23. The Balaban J connectivity index is 1.78. The molecule has 1 aromatic heterocycles. The minimum Gasteiger partial charge on any atom is -0.463 e. The van der Waals surface area contributed by atoms with Crippen molar-refractivity contribution in [2.24, 2.45) is 0 Å². The van der Waals surface area contributed by atoms with Crippen LogP contribution < -0.4 is 4.90 Å². The van der Waals surface area contributed by atoms with Crippen molar-refractivity contribution in [2.75, 3.05) is 23.8 Å². The second-order valence-corrected chi connectivity index (χ2v) is 8.98. The molecule has 1 atom stereocenters. The fourth-order valence-corrected chi connectivity index (χ4v) is 5.05. The normalized spacial score (nSPS) is 16.3. The molecule has 0 spiro atoms. The highest BCUT2D eigenvalue weighted by atomic mass is 32.2. The third kappa shape index (κ3) is 4.69. The number of carbonyl (C=O) groups excluding carboxylic acids is 1. The number of hydrogen-bond acceptors (Lipinski definition) is 5. The maximum atomic E-state index is 12.7. The van der Waals surface area contributed by atoms with E-state index in [1.165, 1.54) is 11.6 Å². The van der Waals surface area contributed by atoms with E-state index in [1.807, 2.05) is 36.4 Å². The quantitative estimate of drug-likeness (QED) is 0.437. The first-order chi connectivity index (χ1) is 15.1. The Labute approximate surface area is 185 Å². The first kappa shape index (κ1) is 21.2. The van der Waals surface area contributed by atoms with Gasteiger partial charge in [0.05, 0.1) is 22.9 Å². The number of pyridine rings is 1. The summed E-state index contributed by atoms with van der Waals surface area (Å²) < 4.78 is 17.7. The lowest BCUT2D eigenvalue weighted by molar-refractivity contribution is -0.137. The van der Waals surface area contributed by atoms with Gasteiger partial charge >= 0.3 is 5.97 Å². The van der Waals surface area contributed by atoms with Gasteiger partial charge in [-0.05, 0) is 60.4 Å². The van der Waals surface area contributed by atoms with Crippen molar-refractivity contribution in [3.63, 3.8) is 0 Å². The zero-order valence-electron chi connectivity index (χ0n) is 17.8. The first-order valence-electron chi connectivity index (χ1n) is 10.6. The third-order valence-electron chi connectivity index (χ3n) is 5.44. The zero-order chi connectivity index (χ0) is 21.8. The maximum absolute atomic E-state index is 12.7. The Hall–Kier alpha value is -2.99. The molecule has 0 saturated carbocycles. The molecule has 0 N–H and O–H groups in total. The average molecular weight is 435 g/mol. The van der Waals surface area contributed by atoms with Crippen LogP contribution in [0.1, 0.15) is 30.5 Å². The van der Waals surface area contributed by atoms with Gasteiger partial charge in [0.1, 0.15) is 5.82 Å². The van der Waals surface area contributed by atoms with Crippen molar-refractivity contribution in [3.8, 4) is 0 Å². The van der Waals surface area contributed by atoms with Crippen LogP contribution >= 0.6 is 0 Å². The summed E-state index contributed by atoms with van der Waals surface area (Å²) in [4.78, 5) is 19.9. The molecule has 2 aromatic carbocycles. The summed E-state index contributed by atoms with van der Waals surface area (Å²) in [7, 11) is -1.02. The maximum Gasteiger partial charge on any atom is 0.330 e. The Morgan fingerprint density at radius 1 is 1.19 bits per heavy atom. The van der Waals surface area contributed by atoms with Crippen LogP contribution in [0.4, 0.5) is 5.82 Å². The van der Waals surface area contributed by atoms with E-state index in [-0.39, 0.29) is 5.97 Å². The average Bonchev–Trinajstić information content (AvgIpc) is 2.96. The van der Waals surface area contributed by atoms with Crippen molar-refractivity contribution in [3.05, 3.63) is 71.3 Å². The van der Waals surface area contributed by atoms with Gasteiger partial charge in [0, 0.05) is 35.2 Å². The number of aryl methyl sites for hydroxylation is 1. The molecule has 0 fully saturated rings. The van der Waals surface area contributed by atoms with Crippen molar-refractivity contribution in [2.45, 2.75) is 31.7 Å². The fourth-order valence-electron chi connectivity index (χ4n) is 3.79. The van der Waals surface area contributed by atoms with Gasteiger partial charge < -0.3 is 9.64 Å². The second-order valence-electron chi connectivity index (χ2n) is 7.44. The molecule has 160 valence electrons. The summed E-state index contributed by atoms with van der Waals surface area (Å²) in [5.41, 5.74) is 4.07. The molecule has 31 heavy (non-hydrogen) atoms. The highest BCUT2D eigenvalue weighted by molar-refractivity contribution is 7.85. The molecule has 0 amide bonds. The van der Waals surface area contributed by atoms with Crippen LogP contribution in [-0.4, -0.2) is 34.1 Å². The van der Waals surface area contributed by atoms with Crippen molar-refractivity contribution in [1.82, 2.24) is 4.98 Å². The summed E-state index contributed by atoms with van der Waals surface area (Å²) in [6, 6.07) is 16.1. The number of benzene rings is 2. The van der Waals surface area contributed by atoms with Crippen molar-refractivity contribution < 1.29 is 13.7 Å². The zero-order valence-corrected chi connectivity index (χ0v) is 18.7. The number of nitrogens with zero attached hydrogens (tertiary/aromatic N) is 2. The Bertz CT molecular complexity index is 1170. The largest absolute Gasteiger partial charge is 0.463 e. The predicted molar refractivity (Wildman–Crippen MR) is 126 cm³/mol. The highest BCUT2D eigenvalue weighted by Gasteiger charge is 2.20. The number of ether oxygens (including phenoxy) is 1. The van der Waals surface area contributed by atoms with Crippen LogP contribution in [-0.2, 0) is 33.3 Å². The molecule has 0 bridgehead atoms. The van der Waals surface area contributed by atoms with Gasteiger partial charge in [0.25, 0.3) is 0 Å². The molecule has 1 unspecified atom stereocenters. The molecule has 4 rings (SSSR count). The van der Waals surface area contributed by atoms with E-state index in [0.29, 0.717) is 25.4 Å². The van der Waals surface area contributed by atoms with Crippen molar-refractivity contribution in [1.29, 1.82) is 0 Å². The number of fused-ring (bicyclic) bond motifs is 2. The Kier molecular flexibility index (Phi) is 6.47. The van der Waals surface area contributed by atoms with E-state index in [9.17, 15) is 9.00 Å². The van der Waals surface area contributed by atoms with Gasteiger partial charge in [0.2, 0.25) is 0 Å². The molecule has 0 aliphatic carbocycles. The molecule has 6 heteroatoms. The topological polar surface area (TPSA) is 59.5 Å². The molecular formula is C25H26N2O3S. The second kappa shape index (κ2) is 9.43. The molecule has 1 aliphatic rings. The number of rotatable bonds is 5. The number of anilines is 1.